The molecule has 1 unspecified atom stereocenters. The zero-order chi connectivity index (χ0) is 14.5. The lowest BCUT2D eigenvalue weighted by Crippen LogP contribution is -2.19. The van der Waals surface area contributed by atoms with Crippen molar-refractivity contribution in [2.45, 2.75) is 26.8 Å². The number of hydrogen-bond acceptors (Lipinski definition) is 3. The molecule has 106 valence electrons. The first kappa shape index (κ1) is 14.5. The molecule has 1 aromatic carbocycles. The lowest BCUT2D eigenvalue weighted by atomic mass is 10.1. The molecule has 2 rings (SSSR count). The monoisotopic (exact) mass is 269 g/mol. The third-order valence-electron chi connectivity index (χ3n) is 3.59. The molecule has 1 heterocycles. The molecule has 0 radical (unpaired) electrons. The summed E-state index contributed by atoms with van der Waals surface area (Å²) >= 11 is 0. The summed E-state index contributed by atoms with van der Waals surface area (Å²) in [6.07, 6.45) is 1.94. The van der Waals surface area contributed by atoms with Crippen LogP contribution < -0.4 is 10.2 Å². The lowest BCUT2D eigenvalue weighted by Gasteiger charge is -2.22. The lowest BCUT2D eigenvalue weighted by molar-refractivity contribution is 0.583. The minimum absolute atomic E-state index is 0.290. The van der Waals surface area contributed by atoms with Gasteiger partial charge >= 0.3 is 0 Å². The highest BCUT2D eigenvalue weighted by molar-refractivity contribution is 5.64. The normalized spacial score (nSPS) is 12.2. The van der Waals surface area contributed by atoms with Gasteiger partial charge < -0.3 is 10.2 Å². The zero-order valence-electron chi connectivity index (χ0n) is 12.7. The predicted octanol–water partition coefficient (Wildman–Crippen LogP) is 3.83. The molecule has 0 fully saturated rings. The van der Waals surface area contributed by atoms with Crippen molar-refractivity contribution >= 4 is 11.4 Å². The van der Waals surface area contributed by atoms with Crippen molar-refractivity contribution in [1.82, 2.24) is 10.3 Å². The smallest absolute Gasteiger partial charge is 0.0594 e. The number of nitrogens with one attached hydrogen (secondary N) is 1. The molecule has 1 atom stereocenters. The van der Waals surface area contributed by atoms with Crippen LogP contribution in [0.5, 0.6) is 0 Å². The summed E-state index contributed by atoms with van der Waals surface area (Å²) < 4.78 is 0. The second kappa shape index (κ2) is 6.53. The topological polar surface area (TPSA) is 28.2 Å². The Bertz CT molecular complexity index is 548. The first-order chi connectivity index (χ1) is 9.63. The van der Waals surface area contributed by atoms with E-state index in [2.05, 4.69) is 79.4 Å². The van der Waals surface area contributed by atoms with Gasteiger partial charge in [-0.2, -0.15) is 0 Å². The van der Waals surface area contributed by atoms with E-state index in [1.807, 2.05) is 6.20 Å². The van der Waals surface area contributed by atoms with Gasteiger partial charge in [-0.3, -0.25) is 4.98 Å². The van der Waals surface area contributed by atoms with Crippen LogP contribution in [-0.4, -0.2) is 18.6 Å². The SMILES string of the molecule is CCNC(C)c1ccc(N(C)c2ccccc2C)cn1. The Morgan fingerprint density at radius 3 is 2.55 bits per heavy atom. The van der Waals surface area contributed by atoms with Crippen molar-refractivity contribution in [1.29, 1.82) is 0 Å². The summed E-state index contributed by atoms with van der Waals surface area (Å²) in [5.74, 6) is 0. The van der Waals surface area contributed by atoms with Gasteiger partial charge in [0.25, 0.3) is 0 Å². The molecule has 0 aliphatic rings. The molecule has 0 aliphatic heterocycles. The second-order valence-corrected chi connectivity index (χ2v) is 5.07. The molecule has 20 heavy (non-hydrogen) atoms. The van der Waals surface area contributed by atoms with Gasteiger partial charge in [-0.25, -0.2) is 0 Å². The van der Waals surface area contributed by atoms with Crippen LogP contribution in [0.2, 0.25) is 0 Å². The molecule has 0 spiro atoms. The summed E-state index contributed by atoms with van der Waals surface area (Å²) in [7, 11) is 2.08. The second-order valence-electron chi connectivity index (χ2n) is 5.07. The summed E-state index contributed by atoms with van der Waals surface area (Å²) in [6.45, 7) is 7.32. The van der Waals surface area contributed by atoms with Crippen LogP contribution in [0.15, 0.2) is 42.6 Å². The third kappa shape index (κ3) is 3.17. The van der Waals surface area contributed by atoms with Gasteiger partial charge in [-0.15, -0.1) is 0 Å². The van der Waals surface area contributed by atoms with E-state index in [9.17, 15) is 0 Å². The number of aryl methyl sites for hydroxylation is 1. The van der Waals surface area contributed by atoms with E-state index in [0.717, 1.165) is 17.9 Å². The number of rotatable bonds is 5. The van der Waals surface area contributed by atoms with Crippen molar-refractivity contribution in [2.75, 3.05) is 18.5 Å². The minimum Gasteiger partial charge on any atom is -0.343 e. The number of aromatic nitrogens is 1. The average Bonchev–Trinajstić information content (AvgIpc) is 2.47. The maximum absolute atomic E-state index is 4.57. The van der Waals surface area contributed by atoms with Crippen molar-refractivity contribution in [3.63, 3.8) is 0 Å². The molecule has 0 aliphatic carbocycles. The molecular formula is C17H23N3. The number of hydrogen-bond donors (Lipinski definition) is 1. The number of pyridine rings is 1. The van der Waals surface area contributed by atoms with Gasteiger partial charge in [-0.1, -0.05) is 25.1 Å². The van der Waals surface area contributed by atoms with Gasteiger partial charge in [-0.05, 0) is 44.2 Å². The van der Waals surface area contributed by atoms with Crippen LogP contribution in [0.25, 0.3) is 0 Å². The Hall–Kier alpha value is -1.87. The van der Waals surface area contributed by atoms with Crippen LogP contribution >= 0.6 is 0 Å². The predicted molar refractivity (Wildman–Crippen MR) is 85.6 cm³/mol. The van der Waals surface area contributed by atoms with E-state index < -0.39 is 0 Å². The summed E-state index contributed by atoms with van der Waals surface area (Å²) in [5, 5.41) is 3.38. The van der Waals surface area contributed by atoms with Gasteiger partial charge in [0.05, 0.1) is 17.6 Å². The van der Waals surface area contributed by atoms with E-state index in [1.54, 1.807) is 0 Å². The highest BCUT2D eigenvalue weighted by atomic mass is 15.1. The molecule has 1 aromatic heterocycles. The Morgan fingerprint density at radius 1 is 1.20 bits per heavy atom. The number of para-hydroxylation sites is 1. The van der Waals surface area contributed by atoms with E-state index >= 15 is 0 Å². The molecule has 0 bridgehead atoms. The molecule has 3 heteroatoms. The maximum atomic E-state index is 4.57. The van der Waals surface area contributed by atoms with Crippen molar-refractivity contribution < 1.29 is 0 Å². The summed E-state index contributed by atoms with van der Waals surface area (Å²) in [5.41, 5.74) is 4.66. The number of anilines is 2. The Kier molecular flexibility index (Phi) is 4.74. The molecular weight excluding hydrogens is 246 g/mol. The standard InChI is InChI=1S/C17H23N3/c1-5-18-14(3)16-11-10-15(12-19-16)20(4)17-9-7-6-8-13(17)2/h6-12,14,18H,5H2,1-4H3. The third-order valence-corrected chi connectivity index (χ3v) is 3.59. The molecule has 0 amide bonds. The Morgan fingerprint density at radius 2 is 1.95 bits per heavy atom. The van der Waals surface area contributed by atoms with E-state index in [1.165, 1.54) is 11.3 Å². The van der Waals surface area contributed by atoms with Crippen LogP contribution in [0.4, 0.5) is 11.4 Å². The van der Waals surface area contributed by atoms with Crippen molar-refractivity contribution in [2.24, 2.45) is 0 Å². The Labute approximate surface area is 121 Å². The quantitative estimate of drug-likeness (QED) is 0.894. The van der Waals surface area contributed by atoms with E-state index in [4.69, 9.17) is 0 Å². The maximum Gasteiger partial charge on any atom is 0.0594 e. The number of nitrogens with zero attached hydrogens (tertiary/aromatic N) is 2. The molecule has 3 nitrogen and oxygen atoms in total. The summed E-state index contributed by atoms with van der Waals surface area (Å²) in [4.78, 5) is 6.74. The summed E-state index contributed by atoms with van der Waals surface area (Å²) in [6, 6.07) is 12.9. The molecule has 2 aromatic rings. The van der Waals surface area contributed by atoms with Gasteiger partial charge in [0.1, 0.15) is 0 Å². The highest BCUT2D eigenvalue weighted by Crippen LogP contribution is 2.26. The zero-order valence-corrected chi connectivity index (χ0v) is 12.7. The van der Waals surface area contributed by atoms with Gasteiger partial charge in [0.15, 0.2) is 0 Å². The fraction of sp³-hybridized carbons (Fsp3) is 0.353. The average molecular weight is 269 g/mol. The van der Waals surface area contributed by atoms with Crippen LogP contribution in [-0.2, 0) is 0 Å². The first-order valence-corrected chi connectivity index (χ1v) is 7.12. The van der Waals surface area contributed by atoms with Crippen LogP contribution in [0.3, 0.4) is 0 Å². The fourth-order valence-electron chi connectivity index (χ4n) is 2.34. The number of benzene rings is 1. The van der Waals surface area contributed by atoms with Gasteiger partial charge in [0.2, 0.25) is 0 Å². The minimum atomic E-state index is 0.290. The highest BCUT2D eigenvalue weighted by Gasteiger charge is 2.09. The van der Waals surface area contributed by atoms with Crippen molar-refractivity contribution in [3.8, 4) is 0 Å². The molecule has 0 saturated heterocycles. The fourth-order valence-corrected chi connectivity index (χ4v) is 2.34. The van der Waals surface area contributed by atoms with Crippen LogP contribution in [0, 0.1) is 6.92 Å². The molecule has 1 N–H and O–H groups in total. The molecule has 0 saturated carbocycles. The van der Waals surface area contributed by atoms with E-state index in [-0.39, 0.29) is 6.04 Å². The van der Waals surface area contributed by atoms with Gasteiger partial charge in [0, 0.05) is 18.8 Å². The van der Waals surface area contributed by atoms with Crippen LogP contribution in [0.1, 0.15) is 31.1 Å². The largest absolute Gasteiger partial charge is 0.343 e. The van der Waals surface area contributed by atoms with E-state index in [0.29, 0.717) is 0 Å². The first-order valence-electron chi connectivity index (χ1n) is 7.12. The Balaban J connectivity index is 2.20. The van der Waals surface area contributed by atoms with Crippen molar-refractivity contribution in [3.05, 3.63) is 53.9 Å².